The first-order valence-electron chi connectivity index (χ1n) is 8.54. The molecule has 1 aliphatic carbocycles. The molecule has 3 rings (SSSR count). The number of anilines is 1. The summed E-state index contributed by atoms with van der Waals surface area (Å²) >= 11 is 1.09. The highest BCUT2D eigenvalue weighted by molar-refractivity contribution is 7.93. The summed E-state index contributed by atoms with van der Waals surface area (Å²) < 4.78 is 27.0. The van der Waals surface area contributed by atoms with E-state index in [9.17, 15) is 13.2 Å². The monoisotopic (exact) mass is 391 g/mol. The maximum Gasteiger partial charge on any atom is 0.270 e. The predicted molar refractivity (Wildman–Crippen MR) is 103 cm³/mol. The van der Waals surface area contributed by atoms with Crippen LogP contribution in [0, 0.1) is 0 Å². The quantitative estimate of drug-likeness (QED) is 0.706. The van der Waals surface area contributed by atoms with Gasteiger partial charge >= 0.3 is 0 Å². The molecule has 0 fully saturated rings. The molecule has 26 heavy (non-hydrogen) atoms. The highest BCUT2D eigenvalue weighted by Crippen LogP contribution is 2.21. The van der Waals surface area contributed by atoms with Crippen molar-refractivity contribution in [3.63, 3.8) is 0 Å². The first-order valence-corrected chi connectivity index (χ1v) is 10.9. The van der Waals surface area contributed by atoms with Crippen molar-refractivity contribution >= 4 is 32.4 Å². The second-order valence-corrected chi connectivity index (χ2v) is 8.61. The molecule has 2 N–H and O–H groups in total. The molecule has 1 aromatic heterocycles. The van der Waals surface area contributed by atoms with Crippen LogP contribution in [0.3, 0.4) is 0 Å². The molecule has 0 unspecified atom stereocenters. The Balaban J connectivity index is 1.55. The lowest BCUT2D eigenvalue weighted by Crippen LogP contribution is -2.25. The summed E-state index contributed by atoms with van der Waals surface area (Å²) in [7, 11) is -3.70. The van der Waals surface area contributed by atoms with Crippen LogP contribution in [0.4, 0.5) is 5.13 Å². The fraction of sp³-hybridized carbons (Fsp3) is 0.333. The van der Waals surface area contributed by atoms with Gasteiger partial charge in [-0.2, -0.15) is 0 Å². The molecule has 0 bridgehead atoms. The van der Waals surface area contributed by atoms with Crippen molar-refractivity contribution in [2.75, 3.05) is 11.3 Å². The highest BCUT2D eigenvalue weighted by atomic mass is 32.2. The molecular formula is C18H21N3O3S2. The molecule has 0 spiro atoms. The minimum Gasteiger partial charge on any atom is -0.350 e. The SMILES string of the molecule is O=C(NCCC1=CCCCC1)c1csc(NS(=O)(=O)c2ccccc2)n1. The topological polar surface area (TPSA) is 88.2 Å². The van der Waals surface area contributed by atoms with Gasteiger partial charge in [-0.15, -0.1) is 11.3 Å². The van der Waals surface area contributed by atoms with Gasteiger partial charge in [-0.3, -0.25) is 9.52 Å². The van der Waals surface area contributed by atoms with Gasteiger partial charge in [-0.25, -0.2) is 13.4 Å². The van der Waals surface area contributed by atoms with Crippen LogP contribution in [0.5, 0.6) is 0 Å². The standard InChI is InChI=1S/C18H21N3O3S2/c22-17(19-12-11-14-7-3-1-4-8-14)16-13-25-18(20-16)21-26(23,24)15-9-5-2-6-10-15/h2,5-7,9-10,13H,1,3-4,8,11-12H2,(H,19,22)(H,20,21). The Hall–Kier alpha value is -2.19. The molecular weight excluding hydrogens is 370 g/mol. The van der Waals surface area contributed by atoms with E-state index in [0.29, 0.717) is 6.54 Å². The Bertz CT molecular complexity index is 889. The molecule has 1 aliphatic rings. The minimum atomic E-state index is -3.70. The van der Waals surface area contributed by atoms with Crippen molar-refractivity contribution in [3.05, 3.63) is 53.1 Å². The van der Waals surface area contributed by atoms with Crippen molar-refractivity contribution in [1.29, 1.82) is 0 Å². The number of hydrogen-bond donors (Lipinski definition) is 2. The first-order chi connectivity index (χ1) is 12.5. The van der Waals surface area contributed by atoms with E-state index in [0.717, 1.165) is 30.6 Å². The van der Waals surface area contributed by atoms with Crippen LogP contribution in [-0.4, -0.2) is 25.9 Å². The molecule has 1 aromatic carbocycles. The number of hydrogen-bond acceptors (Lipinski definition) is 5. The van der Waals surface area contributed by atoms with Crippen molar-refractivity contribution in [3.8, 4) is 0 Å². The van der Waals surface area contributed by atoms with Crippen LogP contribution >= 0.6 is 11.3 Å². The van der Waals surface area contributed by atoms with Gasteiger partial charge in [0.25, 0.3) is 15.9 Å². The van der Waals surface area contributed by atoms with Gasteiger partial charge in [0.05, 0.1) is 4.90 Å². The molecule has 2 aromatic rings. The number of carbonyl (C=O) groups excluding carboxylic acids is 1. The maximum atomic E-state index is 12.3. The largest absolute Gasteiger partial charge is 0.350 e. The van der Waals surface area contributed by atoms with Crippen molar-refractivity contribution < 1.29 is 13.2 Å². The van der Waals surface area contributed by atoms with Crippen LogP contribution < -0.4 is 10.0 Å². The predicted octanol–water partition coefficient (Wildman–Crippen LogP) is 3.56. The number of carbonyl (C=O) groups is 1. The van der Waals surface area contributed by atoms with Gasteiger partial charge in [0.1, 0.15) is 5.69 Å². The van der Waals surface area contributed by atoms with E-state index in [2.05, 4.69) is 21.1 Å². The second kappa shape index (κ2) is 8.46. The third-order valence-corrected chi connectivity index (χ3v) is 6.37. The van der Waals surface area contributed by atoms with E-state index in [1.807, 2.05) is 0 Å². The average Bonchev–Trinajstić information content (AvgIpc) is 3.11. The van der Waals surface area contributed by atoms with Crippen molar-refractivity contribution in [2.45, 2.75) is 37.0 Å². The summed E-state index contributed by atoms with van der Waals surface area (Å²) in [5, 5.41) is 4.57. The summed E-state index contributed by atoms with van der Waals surface area (Å²) in [4.78, 5) is 16.4. The minimum absolute atomic E-state index is 0.155. The van der Waals surface area contributed by atoms with Crippen LogP contribution in [0.25, 0.3) is 0 Å². The van der Waals surface area contributed by atoms with Gasteiger partial charge in [-0.1, -0.05) is 29.8 Å². The zero-order valence-corrected chi connectivity index (χ0v) is 15.9. The lowest BCUT2D eigenvalue weighted by atomic mass is 9.97. The van der Waals surface area contributed by atoms with Crippen LogP contribution in [0.1, 0.15) is 42.6 Å². The number of thiazole rings is 1. The molecule has 0 aliphatic heterocycles. The molecule has 0 radical (unpaired) electrons. The van der Waals surface area contributed by atoms with Gasteiger partial charge in [0.2, 0.25) is 0 Å². The van der Waals surface area contributed by atoms with Crippen molar-refractivity contribution in [2.24, 2.45) is 0 Å². The Kier molecular flexibility index (Phi) is 6.05. The van der Waals surface area contributed by atoms with E-state index >= 15 is 0 Å². The second-order valence-electron chi connectivity index (χ2n) is 6.07. The van der Waals surface area contributed by atoms with Gasteiger partial charge in [-0.05, 0) is 44.2 Å². The molecule has 138 valence electrons. The lowest BCUT2D eigenvalue weighted by molar-refractivity contribution is 0.0950. The fourth-order valence-corrected chi connectivity index (χ4v) is 4.72. The maximum absolute atomic E-state index is 12.3. The number of amides is 1. The Morgan fingerprint density at radius 3 is 2.73 bits per heavy atom. The average molecular weight is 392 g/mol. The van der Waals surface area contributed by atoms with Crippen LogP contribution in [0.2, 0.25) is 0 Å². The summed E-state index contributed by atoms with van der Waals surface area (Å²) in [6.45, 7) is 0.563. The molecule has 0 atom stereocenters. The molecule has 1 heterocycles. The molecule has 6 nitrogen and oxygen atoms in total. The van der Waals surface area contributed by atoms with E-state index in [1.165, 1.54) is 30.5 Å². The number of allylic oxidation sites excluding steroid dienone is 1. The van der Waals surface area contributed by atoms with Gasteiger partial charge in [0, 0.05) is 11.9 Å². The summed E-state index contributed by atoms with van der Waals surface area (Å²) in [5.74, 6) is -0.289. The van der Waals surface area contributed by atoms with Gasteiger partial charge < -0.3 is 5.32 Å². The number of sulfonamides is 1. The lowest BCUT2D eigenvalue weighted by Gasteiger charge is -2.12. The normalized spacial score (nSPS) is 14.5. The number of benzene rings is 1. The summed E-state index contributed by atoms with van der Waals surface area (Å²) in [6.07, 6.45) is 7.81. The number of nitrogens with one attached hydrogen (secondary N) is 2. The summed E-state index contributed by atoms with van der Waals surface area (Å²) in [6, 6.07) is 8.05. The van der Waals surface area contributed by atoms with E-state index < -0.39 is 10.0 Å². The Labute approximate surface area is 157 Å². The van der Waals surface area contributed by atoms with E-state index in [1.54, 1.807) is 23.6 Å². The molecule has 1 amide bonds. The third kappa shape index (κ3) is 4.92. The summed E-state index contributed by atoms with van der Waals surface area (Å²) in [5.41, 5.74) is 1.62. The van der Waals surface area contributed by atoms with Crippen molar-refractivity contribution in [1.82, 2.24) is 10.3 Å². The zero-order valence-electron chi connectivity index (χ0n) is 14.3. The van der Waals surface area contributed by atoms with E-state index in [-0.39, 0.29) is 21.6 Å². The number of aromatic nitrogens is 1. The van der Waals surface area contributed by atoms with Gasteiger partial charge in [0.15, 0.2) is 5.13 Å². The number of nitrogens with zero attached hydrogens (tertiary/aromatic N) is 1. The first kappa shape index (κ1) is 18.6. The third-order valence-electron chi connectivity index (χ3n) is 4.13. The smallest absolute Gasteiger partial charge is 0.270 e. The van der Waals surface area contributed by atoms with E-state index in [4.69, 9.17) is 0 Å². The number of rotatable bonds is 7. The fourth-order valence-electron chi connectivity index (χ4n) is 2.76. The molecule has 0 saturated carbocycles. The van der Waals surface area contributed by atoms with Crippen LogP contribution in [0.15, 0.2) is 52.3 Å². The van der Waals surface area contributed by atoms with Crippen LogP contribution in [-0.2, 0) is 10.0 Å². The zero-order chi connectivity index (χ0) is 18.4. The molecule has 0 saturated heterocycles. The highest BCUT2D eigenvalue weighted by Gasteiger charge is 2.17. The molecule has 8 heteroatoms. The Morgan fingerprint density at radius 2 is 2.00 bits per heavy atom. The Morgan fingerprint density at radius 1 is 1.19 bits per heavy atom.